The Morgan fingerprint density at radius 3 is 2.83 bits per heavy atom. The molecule has 0 bridgehead atoms. The standard InChI is InChI=1S/C20H15ClN2O5S/c1-11(28-19(25)13-7-14(21)17-16(8-13)26-10-27-17)18(24)23-20-22-15(9-29-20)12-5-3-2-4-6-12/h2-9,11H,10H2,1H3,(H,22,23,24). The second-order valence-electron chi connectivity index (χ2n) is 6.13. The first-order chi connectivity index (χ1) is 14.0. The highest BCUT2D eigenvalue weighted by atomic mass is 35.5. The van der Waals surface area contributed by atoms with E-state index in [1.54, 1.807) is 0 Å². The van der Waals surface area contributed by atoms with E-state index in [-0.39, 0.29) is 17.4 Å². The minimum absolute atomic E-state index is 0.0329. The molecule has 1 aromatic heterocycles. The van der Waals surface area contributed by atoms with Gasteiger partial charge in [-0.15, -0.1) is 11.3 Å². The van der Waals surface area contributed by atoms with Crippen LogP contribution < -0.4 is 14.8 Å². The summed E-state index contributed by atoms with van der Waals surface area (Å²) >= 11 is 7.37. The summed E-state index contributed by atoms with van der Waals surface area (Å²) in [7, 11) is 0. The first kappa shape index (κ1) is 19.2. The summed E-state index contributed by atoms with van der Waals surface area (Å²) in [6.07, 6.45) is -1.03. The number of ether oxygens (including phenoxy) is 3. The van der Waals surface area contributed by atoms with Crippen molar-refractivity contribution in [3.05, 3.63) is 58.4 Å². The number of carbonyl (C=O) groups excluding carboxylic acids is 2. The van der Waals surface area contributed by atoms with Crippen LogP contribution in [0.5, 0.6) is 11.5 Å². The largest absolute Gasteiger partial charge is 0.454 e. The van der Waals surface area contributed by atoms with Gasteiger partial charge in [0.15, 0.2) is 22.7 Å². The first-order valence-electron chi connectivity index (χ1n) is 8.63. The van der Waals surface area contributed by atoms with Crippen LogP contribution in [0.4, 0.5) is 5.13 Å². The summed E-state index contributed by atoms with van der Waals surface area (Å²) in [5.74, 6) is -0.444. The van der Waals surface area contributed by atoms with Crippen LogP contribution in [0.15, 0.2) is 47.8 Å². The minimum atomic E-state index is -1.03. The number of halogens is 1. The molecule has 1 N–H and O–H groups in total. The van der Waals surface area contributed by atoms with E-state index >= 15 is 0 Å². The smallest absolute Gasteiger partial charge is 0.339 e. The van der Waals surface area contributed by atoms with E-state index < -0.39 is 18.0 Å². The monoisotopic (exact) mass is 430 g/mol. The van der Waals surface area contributed by atoms with Crippen molar-refractivity contribution in [3.63, 3.8) is 0 Å². The lowest BCUT2D eigenvalue weighted by Gasteiger charge is -2.13. The fourth-order valence-corrected chi connectivity index (χ4v) is 3.63. The second kappa shape index (κ2) is 8.10. The van der Waals surface area contributed by atoms with Gasteiger partial charge in [0.25, 0.3) is 5.91 Å². The average molecular weight is 431 g/mol. The van der Waals surface area contributed by atoms with Crippen molar-refractivity contribution in [2.24, 2.45) is 0 Å². The molecule has 29 heavy (non-hydrogen) atoms. The maximum Gasteiger partial charge on any atom is 0.339 e. The Morgan fingerprint density at radius 1 is 1.24 bits per heavy atom. The number of esters is 1. The number of nitrogens with one attached hydrogen (secondary N) is 1. The SMILES string of the molecule is CC(OC(=O)c1cc(Cl)c2c(c1)OCO2)C(=O)Nc1nc(-c2ccccc2)cs1. The van der Waals surface area contributed by atoms with E-state index in [4.69, 9.17) is 25.8 Å². The van der Waals surface area contributed by atoms with Crippen LogP contribution in [0, 0.1) is 0 Å². The molecular formula is C20H15ClN2O5S. The molecule has 1 aliphatic rings. The van der Waals surface area contributed by atoms with Crippen LogP contribution in [-0.2, 0) is 9.53 Å². The Bertz CT molecular complexity index is 1070. The van der Waals surface area contributed by atoms with E-state index in [1.165, 1.54) is 30.4 Å². The van der Waals surface area contributed by atoms with Gasteiger partial charge in [-0.1, -0.05) is 41.9 Å². The molecule has 3 aromatic rings. The molecule has 1 amide bonds. The molecule has 0 fully saturated rings. The van der Waals surface area contributed by atoms with Crippen molar-refractivity contribution in [1.82, 2.24) is 4.98 Å². The van der Waals surface area contributed by atoms with Crippen LogP contribution in [0.25, 0.3) is 11.3 Å². The zero-order chi connectivity index (χ0) is 20.4. The maximum absolute atomic E-state index is 12.4. The maximum atomic E-state index is 12.4. The van der Waals surface area contributed by atoms with Gasteiger partial charge in [-0.3, -0.25) is 10.1 Å². The van der Waals surface area contributed by atoms with E-state index in [1.807, 2.05) is 35.7 Å². The molecule has 1 unspecified atom stereocenters. The molecule has 2 aromatic carbocycles. The highest BCUT2D eigenvalue weighted by Gasteiger charge is 2.24. The third-order valence-electron chi connectivity index (χ3n) is 4.12. The summed E-state index contributed by atoms with van der Waals surface area (Å²) < 4.78 is 15.7. The Labute approximate surface area is 175 Å². The summed E-state index contributed by atoms with van der Waals surface area (Å²) in [6.45, 7) is 1.51. The number of anilines is 1. The number of rotatable bonds is 5. The van der Waals surface area contributed by atoms with Crippen molar-refractivity contribution in [1.29, 1.82) is 0 Å². The molecular weight excluding hydrogens is 416 g/mol. The van der Waals surface area contributed by atoms with Crippen molar-refractivity contribution < 1.29 is 23.8 Å². The molecule has 148 valence electrons. The molecule has 0 saturated heterocycles. The van der Waals surface area contributed by atoms with Gasteiger partial charge in [0.1, 0.15) is 0 Å². The third-order valence-corrected chi connectivity index (χ3v) is 5.16. The number of benzene rings is 2. The lowest BCUT2D eigenvalue weighted by Crippen LogP contribution is -2.30. The Morgan fingerprint density at radius 2 is 2.03 bits per heavy atom. The highest BCUT2D eigenvalue weighted by Crippen LogP contribution is 2.40. The summed E-state index contributed by atoms with van der Waals surface area (Å²) in [5.41, 5.74) is 1.87. The van der Waals surface area contributed by atoms with Crippen LogP contribution in [0.3, 0.4) is 0 Å². The van der Waals surface area contributed by atoms with E-state index in [0.717, 1.165) is 11.3 Å². The van der Waals surface area contributed by atoms with Gasteiger partial charge in [0.2, 0.25) is 6.79 Å². The highest BCUT2D eigenvalue weighted by molar-refractivity contribution is 7.14. The van der Waals surface area contributed by atoms with E-state index in [9.17, 15) is 9.59 Å². The Balaban J connectivity index is 1.39. The van der Waals surface area contributed by atoms with E-state index in [0.29, 0.717) is 16.6 Å². The molecule has 1 aliphatic heterocycles. The molecule has 9 heteroatoms. The number of carbonyl (C=O) groups is 2. The number of aromatic nitrogens is 1. The lowest BCUT2D eigenvalue weighted by molar-refractivity contribution is -0.123. The number of fused-ring (bicyclic) bond motifs is 1. The summed E-state index contributed by atoms with van der Waals surface area (Å²) in [5, 5.41) is 5.16. The molecule has 0 aliphatic carbocycles. The van der Waals surface area contributed by atoms with Gasteiger partial charge in [0.05, 0.1) is 16.3 Å². The fraction of sp³-hybridized carbons (Fsp3) is 0.150. The molecule has 7 nitrogen and oxygen atoms in total. The average Bonchev–Trinajstić information content (AvgIpc) is 3.38. The number of nitrogens with zero attached hydrogens (tertiary/aromatic N) is 1. The van der Waals surface area contributed by atoms with Gasteiger partial charge in [-0.2, -0.15) is 0 Å². The zero-order valence-corrected chi connectivity index (χ0v) is 16.8. The third kappa shape index (κ3) is 4.18. The van der Waals surface area contributed by atoms with Gasteiger partial charge in [-0.05, 0) is 19.1 Å². The van der Waals surface area contributed by atoms with Crippen LogP contribution in [0.2, 0.25) is 5.02 Å². The first-order valence-corrected chi connectivity index (χ1v) is 9.89. The lowest BCUT2D eigenvalue weighted by atomic mass is 10.2. The minimum Gasteiger partial charge on any atom is -0.454 e. The van der Waals surface area contributed by atoms with Crippen LogP contribution in [0.1, 0.15) is 17.3 Å². The van der Waals surface area contributed by atoms with Crippen molar-refractivity contribution in [2.45, 2.75) is 13.0 Å². The van der Waals surface area contributed by atoms with Gasteiger partial charge >= 0.3 is 5.97 Å². The summed E-state index contributed by atoms with van der Waals surface area (Å²) in [6, 6.07) is 12.5. The Kier molecular flexibility index (Phi) is 5.37. The van der Waals surface area contributed by atoms with Crippen LogP contribution >= 0.6 is 22.9 Å². The van der Waals surface area contributed by atoms with Crippen molar-refractivity contribution in [3.8, 4) is 22.8 Å². The van der Waals surface area contributed by atoms with Gasteiger partial charge < -0.3 is 14.2 Å². The number of amides is 1. The normalized spacial score (nSPS) is 13.0. The van der Waals surface area contributed by atoms with Crippen molar-refractivity contribution in [2.75, 3.05) is 12.1 Å². The molecule has 0 spiro atoms. The van der Waals surface area contributed by atoms with E-state index in [2.05, 4.69) is 10.3 Å². The predicted octanol–water partition coefficient (Wildman–Crippen LogP) is 4.38. The predicted molar refractivity (Wildman–Crippen MR) is 109 cm³/mol. The molecule has 0 radical (unpaired) electrons. The topological polar surface area (TPSA) is 86.8 Å². The molecule has 0 saturated carbocycles. The zero-order valence-electron chi connectivity index (χ0n) is 15.2. The number of thiazole rings is 1. The number of hydrogen-bond acceptors (Lipinski definition) is 7. The van der Waals surface area contributed by atoms with Crippen LogP contribution in [-0.4, -0.2) is 29.8 Å². The second-order valence-corrected chi connectivity index (χ2v) is 7.40. The molecule has 4 rings (SSSR count). The fourth-order valence-electron chi connectivity index (χ4n) is 2.65. The van der Waals surface area contributed by atoms with Gasteiger partial charge in [0, 0.05) is 10.9 Å². The summed E-state index contributed by atoms with van der Waals surface area (Å²) in [4.78, 5) is 29.2. The van der Waals surface area contributed by atoms with Gasteiger partial charge in [-0.25, -0.2) is 9.78 Å². The van der Waals surface area contributed by atoms with Crippen molar-refractivity contribution >= 4 is 39.9 Å². The quantitative estimate of drug-likeness (QED) is 0.604. The molecule has 2 heterocycles. The molecule has 1 atom stereocenters. The Hall–Kier alpha value is -3.10. The number of hydrogen-bond donors (Lipinski definition) is 1.